The van der Waals surface area contributed by atoms with Crippen LogP contribution >= 0.6 is 11.6 Å². The summed E-state index contributed by atoms with van der Waals surface area (Å²) < 4.78 is 17.1. The first-order valence-corrected chi connectivity index (χ1v) is 10.6. The Morgan fingerprint density at radius 1 is 0.969 bits per heavy atom. The van der Waals surface area contributed by atoms with Gasteiger partial charge in [-0.2, -0.15) is 0 Å². The van der Waals surface area contributed by atoms with Crippen molar-refractivity contribution in [2.75, 3.05) is 13.2 Å². The van der Waals surface area contributed by atoms with Gasteiger partial charge < -0.3 is 19.3 Å². The second kappa shape index (κ2) is 11.2. The predicted molar refractivity (Wildman–Crippen MR) is 125 cm³/mol. The number of benzene rings is 3. The lowest BCUT2D eigenvalue weighted by molar-refractivity contribution is 0.0697. The summed E-state index contributed by atoms with van der Waals surface area (Å²) in [7, 11) is 0. The second-order valence-corrected chi connectivity index (χ2v) is 7.15. The zero-order valence-electron chi connectivity index (χ0n) is 17.9. The third-order valence-corrected chi connectivity index (χ3v) is 4.71. The number of carboxylic acid groups (broad SMARTS) is 1. The summed E-state index contributed by atoms with van der Waals surface area (Å²) in [5.41, 5.74) is 2.59. The lowest BCUT2D eigenvalue weighted by Crippen LogP contribution is -2.02. The molecule has 0 saturated heterocycles. The molecule has 6 nitrogen and oxygen atoms in total. The molecule has 1 N–H and O–H groups in total. The largest absolute Gasteiger partial charge is 0.494 e. The van der Waals surface area contributed by atoms with Gasteiger partial charge in [0.2, 0.25) is 0 Å². The second-order valence-electron chi connectivity index (χ2n) is 6.74. The maximum absolute atomic E-state index is 11.0. The maximum atomic E-state index is 11.0. The zero-order chi connectivity index (χ0) is 22.9. The van der Waals surface area contributed by atoms with Gasteiger partial charge in [-0.05, 0) is 73.5 Å². The first-order chi connectivity index (χ1) is 15.5. The monoisotopic (exact) mass is 453 g/mol. The Kier molecular flexibility index (Phi) is 8.11. The van der Waals surface area contributed by atoms with Crippen LogP contribution in [0.15, 0.2) is 65.7 Å². The highest BCUT2D eigenvalue weighted by Crippen LogP contribution is 2.37. The third-order valence-electron chi connectivity index (χ3n) is 4.43. The van der Waals surface area contributed by atoms with Crippen molar-refractivity contribution in [2.24, 2.45) is 4.99 Å². The standard InChI is InChI=1S/C25H24ClNO5/c1-3-30-21-11-9-20(10-12-21)27-15-18-13-22(26)24(23(14-18)31-4-2)32-16-17-5-7-19(8-6-17)25(28)29/h5-15H,3-4,16H2,1-2H3,(H,28,29). The number of hydrogen-bond acceptors (Lipinski definition) is 5. The van der Waals surface area contributed by atoms with E-state index in [1.165, 1.54) is 12.1 Å². The van der Waals surface area contributed by atoms with E-state index < -0.39 is 5.97 Å². The van der Waals surface area contributed by atoms with Crippen LogP contribution in [0.5, 0.6) is 17.2 Å². The fourth-order valence-corrected chi connectivity index (χ4v) is 3.18. The van der Waals surface area contributed by atoms with Crippen LogP contribution in [0.25, 0.3) is 0 Å². The van der Waals surface area contributed by atoms with Gasteiger partial charge in [0.25, 0.3) is 0 Å². The van der Waals surface area contributed by atoms with Gasteiger partial charge in [-0.1, -0.05) is 23.7 Å². The van der Waals surface area contributed by atoms with Crippen LogP contribution in [0, 0.1) is 0 Å². The van der Waals surface area contributed by atoms with E-state index in [0.29, 0.717) is 29.7 Å². The highest BCUT2D eigenvalue weighted by Gasteiger charge is 2.13. The number of aliphatic imine (C=N–C) groups is 1. The Morgan fingerprint density at radius 2 is 1.66 bits per heavy atom. The molecule has 3 aromatic rings. The van der Waals surface area contributed by atoms with Gasteiger partial charge in [-0.25, -0.2) is 4.79 Å². The molecule has 166 valence electrons. The Morgan fingerprint density at radius 3 is 2.28 bits per heavy atom. The molecule has 0 aromatic heterocycles. The topological polar surface area (TPSA) is 77.4 Å². The molecule has 3 rings (SSSR count). The van der Waals surface area contributed by atoms with Crippen molar-refractivity contribution in [1.82, 2.24) is 0 Å². The quantitative estimate of drug-likeness (QED) is 0.372. The van der Waals surface area contributed by atoms with Crippen LogP contribution in [-0.2, 0) is 6.61 Å². The van der Waals surface area contributed by atoms with Gasteiger partial charge in [0.1, 0.15) is 12.4 Å². The lowest BCUT2D eigenvalue weighted by Gasteiger charge is -2.14. The molecule has 0 aliphatic heterocycles. The van der Waals surface area contributed by atoms with E-state index in [4.69, 9.17) is 30.9 Å². The van der Waals surface area contributed by atoms with Crippen molar-refractivity contribution >= 4 is 29.5 Å². The van der Waals surface area contributed by atoms with Crippen molar-refractivity contribution in [3.05, 3.63) is 82.4 Å². The van der Waals surface area contributed by atoms with Gasteiger partial charge in [0.05, 0.1) is 29.5 Å². The normalized spacial score (nSPS) is 10.8. The number of halogens is 1. The minimum Gasteiger partial charge on any atom is -0.494 e. The molecule has 0 heterocycles. The molecule has 0 bridgehead atoms. The van der Waals surface area contributed by atoms with E-state index in [1.807, 2.05) is 44.2 Å². The molecular weight excluding hydrogens is 430 g/mol. The van der Waals surface area contributed by atoms with Gasteiger partial charge in [-0.3, -0.25) is 4.99 Å². The number of carbonyl (C=O) groups is 1. The molecule has 0 aliphatic rings. The van der Waals surface area contributed by atoms with E-state index >= 15 is 0 Å². The number of hydrogen-bond donors (Lipinski definition) is 1. The molecule has 0 saturated carbocycles. The Balaban J connectivity index is 1.75. The fraction of sp³-hybridized carbons (Fsp3) is 0.200. The first kappa shape index (κ1) is 23.2. The molecule has 0 atom stereocenters. The number of nitrogens with zero attached hydrogens (tertiary/aromatic N) is 1. The minimum absolute atomic E-state index is 0.220. The molecule has 0 fully saturated rings. The number of aromatic carboxylic acids is 1. The van der Waals surface area contributed by atoms with Crippen molar-refractivity contribution in [1.29, 1.82) is 0 Å². The van der Waals surface area contributed by atoms with Gasteiger partial charge in [0.15, 0.2) is 11.5 Å². The summed E-state index contributed by atoms with van der Waals surface area (Å²) in [4.78, 5) is 15.5. The third kappa shape index (κ3) is 6.25. The van der Waals surface area contributed by atoms with Crippen LogP contribution < -0.4 is 14.2 Å². The number of rotatable bonds is 10. The summed E-state index contributed by atoms with van der Waals surface area (Å²) in [6.07, 6.45) is 1.71. The molecule has 0 radical (unpaired) electrons. The SMILES string of the molecule is CCOc1ccc(N=Cc2cc(Cl)c(OCc3ccc(C(=O)O)cc3)c(OCC)c2)cc1. The Hall–Kier alpha value is -3.51. The number of carboxylic acids is 1. The molecule has 7 heteroatoms. The van der Waals surface area contributed by atoms with Crippen LogP contribution in [0.2, 0.25) is 5.02 Å². The van der Waals surface area contributed by atoms with E-state index in [9.17, 15) is 4.79 Å². The van der Waals surface area contributed by atoms with E-state index in [2.05, 4.69) is 4.99 Å². The van der Waals surface area contributed by atoms with Crippen LogP contribution in [0.1, 0.15) is 35.3 Å². The highest BCUT2D eigenvalue weighted by atomic mass is 35.5. The van der Waals surface area contributed by atoms with Crippen LogP contribution in [-0.4, -0.2) is 30.5 Å². The van der Waals surface area contributed by atoms with E-state index in [-0.39, 0.29) is 12.2 Å². The van der Waals surface area contributed by atoms with Crippen LogP contribution in [0.3, 0.4) is 0 Å². The first-order valence-electron chi connectivity index (χ1n) is 10.2. The summed E-state index contributed by atoms with van der Waals surface area (Å²) in [6, 6.07) is 17.5. The molecule has 0 aliphatic carbocycles. The minimum atomic E-state index is -0.971. The van der Waals surface area contributed by atoms with Gasteiger partial charge >= 0.3 is 5.97 Å². The molecule has 3 aromatic carbocycles. The fourth-order valence-electron chi connectivity index (χ4n) is 2.91. The van der Waals surface area contributed by atoms with Gasteiger partial charge in [-0.15, -0.1) is 0 Å². The lowest BCUT2D eigenvalue weighted by atomic mass is 10.1. The van der Waals surface area contributed by atoms with Crippen molar-refractivity contribution < 1.29 is 24.1 Å². The van der Waals surface area contributed by atoms with Crippen molar-refractivity contribution in [2.45, 2.75) is 20.5 Å². The highest BCUT2D eigenvalue weighted by molar-refractivity contribution is 6.32. The Bertz CT molecular complexity index is 1080. The molecule has 0 amide bonds. The zero-order valence-corrected chi connectivity index (χ0v) is 18.6. The smallest absolute Gasteiger partial charge is 0.335 e. The molecule has 0 spiro atoms. The molecule has 32 heavy (non-hydrogen) atoms. The summed E-state index contributed by atoms with van der Waals surface area (Å²) in [5, 5.41) is 9.40. The van der Waals surface area contributed by atoms with E-state index in [1.54, 1.807) is 24.4 Å². The summed E-state index contributed by atoms with van der Waals surface area (Å²) in [5.74, 6) is 0.762. The Labute approximate surface area is 192 Å². The summed E-state index contributed by atoms with van der Waals surface area (Å²) >= 11 is 6.48. The molecule has 0 unspecified atom stereocenters. The van der Waals surface area contributed by atoms with Crippen molar-refractivity contribution in [3.8, 4) is 17.2 Å². The van der Waals surface area contributed by atoms with Crippen molar-refractivity contribution in [3.63, 3.8) is 0 Å². The average Bonchev–Trinajstić information content (AvgIpc) is 2.79. The van der Waals surface area contributed by atoms with Crippen LogP contribution in [0.4, 0.5) is 5.69 Å². The molecular formula is C25H24ClNO5. The van der Waals surface area contributed by atoms with E-state index in [0.717, 1.165) is 22.6 Å². The van der Waals surface area contributed by atoms with Gasteiger partial charge in [0, 0.05) is 6.21 Å². The number of ether oxygens (including phenoxy) is 3. The average molecular weight is 454 g/mol. The maximum Gasteiger partial charge on any atom is 0.335 e. The summed E-state index contributed by atoms with van der Waals surface area (Å²) in [6.45, 7) is 5.10. The predicted octanol–water partition coefficient (Wildman–Crippen LogP) is 6.17.